The van der Waals surface area contributed by atoms with Crippen LogP contribution in [-0.4, -0.2) is 62.7 Å². The van der Waals surface area contributed by atoms with Gasteiger partial charge in [-0.3, -0.25) is 9.59 Å². The third-order valence-corrected chi connectivity index (χ3v) is 7.30. The topological polar surface area (TPSA) is 86.8 Å². The van der Waals surface area contributed by atoms with Crippen molar-refractivity contribution >= 4 is 21.8 Å². The van der Waals surface area contributed by atoms with Crippen molar-refractivity contribution in [3.63, 3.8) is 0 Å². The van der Waals surface area contributed by atoms with E-state index in [0.29, 0.717) is 25.8 Å². The summed E-state index contributed by atoms with van der Waals surface area (Å²) in [6.07, 6.45) is 1.68. The molecular formula is C24H33N3O4S. The highest BCUT2D eigenvalue weighted by Gasteiger charge is 2.28. The van der Waals surface area contributed by atoms with Crippen molar-refractivity contribution in [3.05, 3.63) is 66.2 Å². The van der Waals surface area contributed by atoms with E-state index in [1.165, 1.54) is 11.4 Å². The monoisotopic (exact) mass is 459 g/mol. The molecule has 0 radical (unpaired) electrons. The van der Waals surface area contributed by atoms with E-state index in [1.807, 2.05) is 37.3 Å². The third kappa shape index (κ3) is 6.90. The van der Waals surface area contributed by atoms with Gasteiger partial charge in [0.2, 0.25) is 21.8 Å². The summed E-state index contributed by atoms with van der Waals surface area (Å²) in [6, 6.07) is 17.5. The van der Waals surface area contributed by atoms with Crippen LogP contribution >= 0.6 is 0 Å². The van der Waals surface area contributed by atoms with E-state index in [2.05, 4.69) is 5.32 Å². The molecule has 0 unspecified atom stereocenters. The van der Waals surface area contributed by atoms with Gasteiger partial charge in [-0.1, -0.05) is 55.5 Å². The van der Waals surface area contributed by atoms with E-state index in [9.17, 15) is 18.0 Å². The highest BCUT2D eigenvalue weighted by molar-refractivity contribution is 7.89. The lowest BCUT2D eigenvalue weighted by atomic mass is 10.1. The molecule has 2 amide bonds. The van der Waals surface area contributed by atoms with Crippen LogP contribution in [0.25, 0.3) is 0 Å². The van der Waals surface area contributed by atoms with Crippen LogP contribution in [0.15, 0.2) is 65.6 Å². The van der Waals surface area contributed by atoms with Gasteiger partial charge in [-0.05, 0) is 37.0 Å². The van der Waals surface area contributed by atoms with Crippen molar-refractivity contribution in [2.75, 3.05) is 27.2 Å². The number of nitrogens with one attached hydrogen (secondary N) is 1. The molecule has 7 nitrogen and oxygen atoms in total. The van der Waals surface area contributed by atoms with Gasteiger partial charge >= 0.3 is 0 Å². The third-order valence-electron chi connectivity index (χ3n) is 5.43. The fraction of sp³-hybridized carbons (Fsp3) is 0.417. The zero-order chi connectivity index (χ0) is 23.6. The summed E-state index contributed by atoms with van der Waals surface area (Å²) < 4.78 is 26.6. The Labute approximate surface area is 191 Å². The molecule has 0 aliphatic carbocycles. The van der Waals surface area contributed by atoms with Gasteiger partial charge in [0.25, 0.3) is 0 Å². The van der Waals surface area contributed by atoms with E-state index < -0.39 is 16.1 Å². The van der Waals surface area contributed by atoms with E-state index in [0.717, 1.165) is 5.56 Å². The summed E-state index contributed by atoms with van der Waals surface area (Å²) in [7, 11) is -0.521. The maximum Gasteiger partial charge on any atom is 0.242 e. The van der Waals surface area contributed by atoms with E-state index >= 15 is 0 Å². The van der Waals surface area contributed by atoms with Crippen LogP contribution in [0.3, 0.4) is 0 Å². The lowest BCUT2D eigenvalue weighted by Crippen LogP contribution is -2.49. The highest BCUT2D eigenvalue weighted by atomic mass is 32.2. The second-order valence-electron chi connectivity index (χ2n) is 7.60. The number of carbonyl (C=O) groups is 2. The summed E-state index contributed by atoms with van der Waals surface area (Å²) in [5.74, 6) is -0.348. The second kappa shape index (κ2) is 12.4. The molecule has 0 saturated heterocycles. The van der Waals surface area contributed by atoms with Gasteiger partial charge < -0.3 is 10.2 Å². The Morgan fingerprint density at radius 3 is 2.12 bits per heavy atom. The van der Waals surface area contributed by atoms with Crippen molar-refractivity contribution in [1.82, 2.24) is 14.5 Å². The molecule has 0 bridgehead atoms. The summed E-state index contributed by atoms with van der Waals surface area (Å²) in [4.78, 5) is 27.3. The van der Waals surface area contributed by atoms with Gasteiger partial charge in [0.1, 0.15) is 6.04 Å². The molecule has 1 atom stereocenters. The van der Waals surface area contributed by atoms with Crippen molar-refractivity contribution in [1.29, 1.82) is 0 Å². The predicted octanol–water partition coefficient (Wildman–Crippen LogP) is 2.68. The number of rotatable bonds is 12. The molecule has 0 spiro atoms. The van der Waals surface area contributed by atoms with Crippen molar-refractivity contribution in [3.8, 4) is 0 Å². The molecule has 0 fully saturated rings. The first kappa shape index (κ1) is 25.5. The van der Waals surface area contributed by atoms with Crippen LogP contribution in [0, 0.1) is 0 Å². The number of sulfonamides is 1. The standard InChI is InChI=1S/C24H33N3O4S/c1-4-22(24(29)25-2)27(19-17-20-12-7-5-8-13-20)23(28)16-11-18-26(3)32(30,31)21-14-9-6-10-15-21/h5-10,12-15,22H,4,11,16-19H2,1-3H3,(H,25,29)/t22-/m0/s1. The fourth-order valence-electron chi connectivity index (χ4n) is 3.55. The minimum absolute atomic E-state index is 0.151. The molecule has 2 aromatic rings. The first-order valence-electron chi connectivity index (χ1n) is 10.9. The average molecular weight is 460 g/mol. The number of hydrogen-bond donors (Lipinski definition) is 1. The van der Waals surface area contributed by atoms with Crippen LogP contribution in [0.2, 0.25) is 0 Å². The fourth-order valence-corrected chi connectivity index (χ4v) is 4.78. The lowest BCUT2D eigenvalue weighted by Gasteiger charge is -2.30. The Hall–Kier alpha value is -2.71. The van der Waals surface area contributed by atoms with Gasteiger partial charge in [-0.25, -0.2) is 12.7 Å². The maximum absolute atomic E-state index is 13.1. The van der Waals surface area contributed by atoms with Crippen LogP contribution in [0.4, 0.5) is 0 Å². The lowest BCUT2D eigenvalue weighted by molar-refractivity contribution is -0.140. The van der Waals surface area contributed by atoms with Gasteiger partial charge in [0.05, 0.1) is 4.90 Å². The quantitative estimate of drug-likeness (QED) is 0.529. The molecule has 2 rings (SSSR count). The Morgan fingerprint density at radius 1 is 0.969 bits per heavy atom. The molecule has 174 valence electrons. The minimum Gasteiger partial charge on any atom is -0.357 e. The largest absolute Gasteiger partial charge is 0.357 e. The van der Waals surface area contributed by atoms with Gasteiger partial charge in [-0.15, -0.1) is 0 Å². The van der Waals surface area contributed by atoms with Crippen LogP contribution in [-0.2, 0) is 26.0 Å². The number of hydrogen-bond acceptors (Lipinski definition) is 4. The average Bonchev–Trinajstić information content (AvgIpc) is 2.82. The second-order valence-corrected chi connectivity index (χ2v) is 9.65. The summed E-state index contributed by atoms with van der Waals surface area (Å²) in [6.45, 7) is 2.52. The Balaban J connectivity index is 2.02. The van der Waals surface area contributed by atoms with Crippen molar-refractivity contribution in [2.45, 2.75) is 43.5 Å². The molecule has 8 heteroatoms. The molecule has 0 aliphatic heterocycles. The molecule has 0 aliphatic rings. The van der Waals surface area contributed by atoms with Crippen LogP contribution in [0.5, 0.6) is 0 Å². The Morgan fingerprint density at radius 2 is 1.56 bits per heavy atom. The molecule has 0 saturated carbocycles. The maximum atomic E-state index is 13.1. The zero-order valence-electron chi connectivity index (χ0n) is 19.0. The SMILES string of the molecule is CC[C@@H](C(=O)NC)N(CCc1ccccc1)C(=O)CCCN(C)S(=O)(=O)c1ccccc1. The molecule has 1 N–H and O–H groups in total. The van der Waals surface area contributed by atoms with Gasteiger partial charge in [0.15, 0.2) is 0 Å². The number of likely N-dealkylation sites (N-methyl/N-ethyl adjacent to an activating group) is 1. The summed E-state index contributed by atoms with van der Waals surface area (Å²) >= 11 is 0. The van der Waals surface area contributed by atoms with E-state index in [-0.39, 0.29) is 29.7 Å². The minimum atomic E-state index is -3.60. The highest BCUT2D eigenvalue weighted by Crippen LogP contribution is 2.15. The van der Waals surface area contributed by atoms with E-state index in [1.54, 1.807) is 42.3 Å². The van der Waals surface area contributed by atoms with Gasteiger partial charge in [0, 0.05) is 33.6 Å². The summed E-state index contributed by atoms with van der Waals surface area (Å²) in [5.41, 5.74) is 1.09. The van der Waals surface area contributed by atoms with Crippen LogP contribution < -0.4 is 5.32 Å². The van der Waals surface area contributed by atoms with E-state index in [4.69, 9.17) is 0 Å². The Bertz CT molecular complexity index is 965. The first-order valence-corrected chi connectivity index (χ1v) is 12.3. The van der Waals surface area contributed by atoms with Crippen molar-refractivity contribution < 1.29 is 18.0 Å². The molecule has 32 heavy (non-hydrogen) atoms. The molecule has 0 heterocycles. The number of nitrogens with zero attached hydrogens (tertiary/aromatic N) is 2. The first-order chi connectivity index (χ1) is 15.3. The molecular weight excluding hydrogens is 426 g/mol. The number of benzene rings is 2. The number of amides is 2. The molecule has 0 aromatic heterocycles. The smallest absolute Gasteiger partial charge is 0.242 e. The van der Waals surface area contributed by atoms with Gasteiger partial charge in [-0.2, -0.15) is 0 Å². The Kier molecular flexibility index (Phi) is 9.87. The van der Waals surface area contributed by atoms with Crippen molar-refractivity contribution in [2.24, 2.45) is 0 Å². The van der Waals surface area contributed by atoms with Crippen LogP contribution in [0.1, 0.15) is 31.7 Å². The molecule has 2 aromatic carbocycles. The number of carbonyl (C=O) groups excluding carboxylic acids is 2. The predicted molar refractivity (Wildman–Crippen MR) is 125 cm³/mol. The zero-order valence-corrected chi connectivity index (χ0v) is 19.8. The summed E-state index contributed by atoms with van der Waals surface area (Å²) in [5, 5.41) is 2.64. The normalized spacial score (nSPS) is 12.4.